The van der Waals surface area contributed by atoms with E-state index in [1.807, 2.05) is 13.0 Å². The molecule has 0 saturated heterocycles. The van der Waals surface area contributed by atoms with Crippen LogP contribution in [0, 0.1) is 17.0 Å². The molecule has 2 aromatic rings. The van der Waals surface area contributed by atoms with E-state index in [0.717, 1.165) is 16.9 Å². The fraction of sp³-hybridized carbons (Fsp3) is 0.267. The van der Waals surface area contributed by atoms with Gasteiger partial charge in [-0.15, -0.1) is 11.3 Å². The number of benzene rings is 1. The van der Waals surface area contributed by atoms with Crippen LogP contribution < -0.4 is 4.74 Å². The van der Waals surface area contributed by atoms with Gasteiger partial charge >= 0.3 is 5.69 Å². The number of hydrogen-bond donors (Lipinski definition) is 0. The van der Waals surface area contributed by atoms with Crippen LogP contribution in [-0.2, 0) is 6.42 Å². The first kappa shape index (κ1) is 15.2. The Bertz CT molecular complexity index is 678. The molecule has 0 bridgehead atoms. The van der Waals surface area contributed by atoms with Crippen molar-refractivity contribution in [3.05, 3.63) is 55.8 Å². The number of nitrogens with zero attached hydrogens (tertiary/aromatic N) is 1. The van der Waals surface area contributed by atoms with Crippen molar-refractivity contribution in [2.75, 3.05) is 6.61 Å². The van der Waals surface area contributed by atoms with Crippen LogP contribution >= 0.6 is 11.3 Å². The van der Waals surface area contributed by atoms with E-state index >= 15 is 0 Å². The van der Waals surface area contributed by atoms with Gasteiger partial charge in [-0.2, -0.15) is 0 Å². The number of thiophene rings is 1. The summed E-state index contributed by atoms with van der Waals surface area (Å²) in [6.07, 6.45) is 0.877. The first-order valence-electron chi connectivity index (χ1n) is 6.51. The summed E-state index contributed by atoms with van der Waals surface area (Å²) in [4.78, 5) is 24.2. The van der Waals surface area contributed by atoms with Gasteiger partial charge in [-0.05, 0) is 37.1 Å². The second kappa shape index (κ2) is 6.49. The Balaban J connectivity index is 2.09. The van der Waals surface area contributed by atoms with E-state index < -0.39 is 4.92 Å². The Labute approximate surface area is 126 Å². The van der Waals surface area contributed by atoms with E-state index in [1.165, 1.54) is 23.5 Å². The summed E-state index contributed by atoms with van der Waals surface area (Å²) >= 11 is 1.43. The molecule has 0 unspecified atom stereocenters. The summed E-state index contributed by atoms with van der Waals surface area (Å²) in [7, 11) is 0. The topological polar surface area (TPSA) is 69.4 Å². The highest BCUT2D eigenvalue weighted by atomic mass is 32.1. The molecule has 0 saturated carbocycles. The second-order valence-corrected chi connectivity index (χ2v) is 5.73. The van der Waals surface area contributed by atoms with E-state index in [2.05, 4.69) is 0 Å². The number of nitro benzene ring substituents is 1. The lowest BCUT2D eigenvalue weighted by molar-refractivity contribution is -0.385. The van der Waals surface area contributed by atoms with Gasteiger partial charge in [0, 0.05) is 10.9 Å². The van der Waals surface area contributed by atoms with Crippen LogP contribution in [0.25, 0.3) is 0 Å². The molecule has 0 radical (unpaired) electrons. The fourth-order valence-corrected chi connectivity index (χ4v) is 2.70. The zero-order chi connectivity index (χ0) is 15.4. The predicted molar refractivity (Wildman–Crippen MR) is 81.4 cm³/mol. The molecule has 0 aliphatic heterocycles. The number of ketones is 1. The van der Waals surface area contributed by atoms with Gasteiger partial charge in [0.05, 0.1) is 9.80 Å². The summed E-state index contributed by atoms with van der Waals surface area (Å²) in [5.41, 5.74) is 0.648. The Morgan fingerprint density at radius 2 is 2.10 bits per heavy atom. The first-order chi connectivity index (χ1) is 10.0. The van der Waals surface area contributed by atoms with Gasteiger partial charge in [0.1, 0.15) is 0 Å². The molecule has 0 amide bonds. The maximum absolute atomic E-state index is 12.0. The van der Waals surface area contributed by atoms with Crippen LogP contribution in [0.3, 0.4) is 0 Å². The number of carbonyl (C=O) groups is 1. The third-order valence-electron chi connectivity index (χ3n) is 2.95. The van der Waals surface area contributed by atoms with Gasteiger partial charge < -0.3 is 4.74 Å². The average molecular weight is 305 g/mol. The fourth-order valence-electron chi connectivity index (χ4n) is 1.82. The Morgan fingerprint density at radius 3 is 2.71 bits per heavy atom. The molecule has 0 aliphatic rings. The number of Topliss-reactive ketones (excluding diaryl/α,β-unsaturated/α-hetero) is 1. The molecule has 110 valence electrons. The third kappa shape index (κ3) is 3.66. The maximum Gasteiger partial charge on any atom is 0.311 e. The van der Waals surface area contributed by atoms with Crippen LogP contribution in [-0.4, -0.2) is 17.3 Å². The van der Waals surface area contributed by atoms with Crippen molar-refractivity contribution in [3.8, 4) is 5.75 Å². The van der Waals surface area contributed by atoms with Crippen molar-refractivity contribution in [3.63, 3.8) is 0 Å². The standard InChI is InChI=1S/C15H15NO4S/c1-3-11-5-7-15(21-11)13(17)9-20-14-6-4-10(2)8-12(14)16(18)19/h4-8H,3,9H2,1-2H3. The highest BCUT2D eigenvalue weighted by Gasteiger charge is 2.17. The minimum Gasteiger partial charge on any atom is -0.478 e. The summed E-state index contributed by atoms with van der Waals surface area (Å²) in [6.45, 7) is 3.58. The molecule has 0 atom stereocenters. The monoisotopic (exact) mass is 305 g/mol. The smallest absolute Gasteiger partial charge is 0.311 e. The quantitative estimate of drug-likeness (QED) is 0.462. The Morgan fingerprint density at radius 1 is 1.33 bits per heavy atom. The number of carbonyl (C=O) groups excluding carboxylic acids is 1. The van der Waals surface area contributed by atoms with Gasteiger partial charge in [-0.25, -0.2) is 0 Å². The minimum atomic E-state index is -0.507. The summed E-state index contributed by atoms with van der Waals surface area (Å²) < 4.78 is 5.33. The molecule has 1 aromatic carbocycles. The highest BCUT2D eigenvalue weighted by Crippen LogP contribution is 2.28. The van der Waals surface area contributed by atoms with E-state index in [0.29, 0.717) is 4.88 Å². The average Bonchev–Trinajstić information content (AvgIpc) is 2.94. The number of ether oxygens (including phenoxy) is 1. The largest absolute Gasteiger partial charge is 0.478 e. The predicted octanol–water partition coefficient (Wildman–Crippen LogP) is 3.79. The van der Waals surface area contributed by atoms with Crippen LogP contribution in [0.2, 0.25) is 0 Å². The van der Waals surface area contributed by atoms with Crippen molar-refractivity contribution < 1.29 is 14.5 Å². The van der Waals surface area contributed by atoms with E-state index in [-0.39, 0.29) is 23.8 Å². The molecule has 0 spiro atoms. The molecule has 6 heteroatoms. The number of hydrogen-bond acceptors (Lipinski definition) is 5. The molecule has 1 heterocycles. The third-order valence-corrected chi connectivity index (χ3v) is 4.23. The Hall–Kier alpha value is -2.21. The first-order valence-corrected chi connectivity index (χ1v) is 7.32. The SMILES string of the molecule is CCc1ccc(C(=O)COc2ccc(C)cc2[N+](=O)[O-])s1. The van der Waals surface area contributed by atoms with Gasteiger partial charge in [-0.1, -0.05) is 13.0 Å². The summed E-state index contributed by atoms with van der Waals surface area (Å²) in [6, 6.07) is 8.34. The van der Waals surface area contributed by atoms with Crippen LogP contribution in [0.5, 0.6) is 5.75 Å². The lowest BCUT2D eigenvalue weighted by Gasteiger charge is -2.06. The van der Waals surface area contributed by atoms with Gasteiger partial charge in [-0.3, -0.25) is 14.9 Å². The molecule has 21 heavy (non-hydrogen) atoms. The second-order valence-electron chi connectivity index (χ2n) is 4.56. The molecule has 0 fully saturated rings. The molecule has 5 nitrogen and oxygen atoms in total. The van der Waals surface area contributed by atoms with Crippen molar-refractivity contribution >= 4 is 22.8 Å². The molecule has 0 aliphatic carbocycles. The zero-order valence-corrected chi connectivity index (χ0v) is 12.6. The van der Waals surface area contributed by atoms with Gasteiger partial charge in [0.15, 0.2) is 12.4 Å². The summed E-state index contributed by atoms with van der Waals surface area (Å²) in [5, 5.41) is 11.0. The number of aryl methyl sites for hydroxylation is 2. The molecular weight excluding hydrogens is 290 g/mol. The molecule has 1 aromatic heterocycles. The lowest BCUT2D eigenvalue weighted by Crippen LogP contribution is -2.11. The minimum absolute atomic E-state index is 0.117. The van der Waals surface area contributed by atoms with Crippen molar-refractivity contribution in [2.45, 2.75) is 20.3 Å². The van der Waals surface area contributed by atoms with Crippen molar-refractivity contribution in [2.24, 2.45) is 0 Å². The van der Waals surface area contributed by atoms with Crippen molar-refractivity contribution in [1.82, 2.24) is 0 Å². The number of nitro groups is 1. The van der Waals surface area contributed by atoms with E-state index in [9.17, 15) is 14.9 Å². The maximum atomic E-state index is 12.0. The molecular formula is C15H15NO4S. The Kier molecular flexibility index (Phi) is 4.70. The summed E-state index contributed by atoms with van der Waals surface area (Å²) in [5.74, 6) is -0.0548. The normalized spacial score (nSPS) is 10.4. The van der Waals surface area contributed by atoms with E-state index in [4.69, 9.17) is 4.74 Å². The highest BCUT2D eigenvalue weighted by molar-refractivity contribution is 7.14. The lowest BCUT2D eigenvalue weighted by atomic mass is 10.2. The van der Waals surface area contributed by atoms with Gasteiger partial charge in [0.25, 0.3) is 0 Å². The van der Waals surface area contributed by atoms with Crippen LogP contribution in [0.1, 0.15) is 27.0 Å². The molecule has 2 rings (SSSR count). The zero-order valence-electron chi connectivity index (χ0n) is 11.8. The number of rotatable bonds is 6. The van der Waals surface area contributed by atoms with E-state index in [1.54, 1.807) is 19.1 Å². The van der Waals surface area contributed by atoms with Crippen LogP contribution in [0.4, 0.5) is 5.69 Å². The van der Waals surface area contributed by atoms with Crippen LogP contribution in [0.15, 0.2) is 30.3 Å². The van der Waals surface area contributed by atoms with Crippen molar-refractivity contribution in [1.29, 1.82) is 0 Å². The van der Waals surface area contributed by atoms with Gasteiger partial charge in [0.2, 0.25) is 5.78 Å². The molecule has 0 N–H and O–H groups in total.